The van der Waals surface area contributed by atoms with Gasteiger partial charge in [0.15, 0.2) is 11.2 Å². The number of nitrogens with one attached hydrogen (secondary N) is 1. The van der Waals surface area contributed by atoms with Crippen LogP contribution >= 0.6 is 0 Å². The van der Waals surface area contributed by atoms with E-state index in [9.17, 15) is 9.59 Å². The molecule has 0 aliphatic carbocycles. The summed E-state index contributed by atoms with van der Waals surface area (Å²) in [6.07, 6.45) is 0. The normalized spacial score (nSPS) is 11.4. The molecular formula is C18H23N5O2. The first-order valence-electron chi connectivity index (χ1n) is 8.45. The van der Waals surface area contributed by atoms with Gasteiger partial charge in [-0.1, -0.05) is 30.3 Å². The molecule has 3 rings (SSSR count). The van der Waals surface area contributed by atoms with Crippen molar-refractivity contribution in [3.05, 3.63) is 56.7 Å². The first kappa shape index (κ1) is 17.0. The van der Waals surface area contributed by atoms with Gasteiger partial charge in [0.25, 0.3) is 5.56 Å². The van der Waals surface area contributed by atoms with Gasteiger partial charge in [-0.25, -0.2) is 4.79 Å². The van der Waals surface area contributed by atoms with Crippen LogP contribution in [-0.4, -0.2) is 25.2 Å². The van der Waals surface area contributed by atoms with Gasteiger partial charge >= 0.3 is 5.69 Å². The number of benzene rings is 1. The summed E-state index contributed by atoms with van der Waals surface area (Å²) in [7, 11) is 1.65. The van der Waals surface area contributed by atoms with Crippen LogP contribution in [0.2, 0.25) is 0 Å². The van der Waals surface area contributed by atoms with E-state index in [1.165, 1.54) is 9.13 Å². The number of rotatable bonds is 5. The molecule has 25 heavy (non-hydrogen) atoms. The summed E-state index contributed by atoms with van der Waals surface area (Å²) < 4.78 is 4.58. The van der Waals surface area contributed by atoms with Gasteiger partial charge in [-0.15, -0.1) is 0 Å². The van der Waals surface area contributed by atoms with E-state index in [4.69, 9.17) is 0 Å². The van der Waals surface area contributed by atoms with Gasteiger partial charge in [0.2, 0.25) is 5.95 Å². The molecular weight excluding hydrogens is 318 g/mol. The van der Waals surface area contributed by atoms with Gasteiger partial charge in [0.05, 0.1) is 6.54 Å². The Morgan fingerprint density at radius 3 is 2.44 bits per heavy atom. The van der Waals surface area contributed by atoms with E-state index in [2.05, 4.69) is 10.3 Å². The van der Waals surface area contributed by atoms with Gasteiger partial charge in [-0.3, -0.25) is 13.9 Å². The van der Waals surface area contributed by atoms with Crippen LogP contribution in [0.1, 0.15) is 32.4 Å². The Morgan fingerprint density at radius 1 is 1.16 bits per heavy atom. The Labute approximate surface area is 145 Å². The van der Waals surface area contributed by atoms with E-state index in [1.807, 2.05) is 55.7 Å². The third-order valence-electron chi connectivity index (χ3n) is 4.21. The number of anilines is 1. The molecule has 0 amide bonds. The van der Waals surface area contributed by atoms with Crippen molar-refractivity contribution in [2.45, 2.75) is 33.4 Å². The van der Waals surface area contributed by atoms with Crippen LogP contribution in [0.3, 0.4) is 0 Å². The minimum absolute atomic E-state index is 0.0365. The van der Waals surface area contributed by atoms with Crippen molar-refractivity contribution in [1.82, 2.24) is 18.7 Å². The maximum atomic E-state index is 13.1. The average molecular weight is 341 g/mol. The molecule has 0 saturated carbocycles. The smallest absolute Gasteiger partial charge is 0.332 e. The highest BCUT2D eigenvalue weighted by Gasteiger charge is 2.21. The molecule has 132 valence electrons. The van der Waals surface area contributed by atoms with E-state index in [-0.39, 0.29) is 23.8 Å². The number of imidazole rings is 1. The predicted octanol–water partition coefficient (Wildman–Crippen LogP) is 1.96. The second-order valence-electron chi connectivity index (χ2n) is 6.32. The zero-order valence-electron chi connectivity index (χ0n) is 15.0. The van der Waals surface area contributed by atoms with Crippen molar-refractivity contribution < 1.29 is 0 Å². The molecule has 1 aromatic carbocycles. The Kier molecular flexibility index (Phi) is 4.48. The Morgan fingerprint density at radius 2 is 1.84 bits per heavy atom. The SMILES string of the molecule is CCNc1nc2c(c(=O)n(Cc3ccccc3)c(=O)n2C)n1C(C)C. The van der Waals surface area contributed by atoms with Crippen LogP contribution in [0.15, 0.2) is 39.9 Å². The molecule has 0 bridgehead atoms. The number of aromatic nitrogens is 4. The number of aryl methyl sites for hydroxylation is 1. The van der Waals surface area contributed by atoms with Gasteiger partial charge in [-0.2, -0.15) is 4.98 Å². The quantitative estimate of drug-likeness (QED) is 0.770. The van der Waals surface area contributed by atoms with E-state index in [0.29, 0.717) is 23.7 Å². The zero-order valence-corrected chi connectivity index (χ0v) is 15.0. The molecule has 0 fully saturated rings. The number of nitrogens with zero attached hydrogens (tertiary/aromatic N) is 4. The number of fused-ring (bicyclic) bond motifs is 1. The van der Waals surface area contributed by atoms with Crippen LogP contribution in [0.25, 0.3) is 11.2 Å². The minimum atomic E-state index is -0.363. The molecule has 7 nitrogen and oxygen atoms in total. The molecule has 0 atom stereocenters. The predicted molar refractivity (Wildman–Crippen MR) is 99.3 cm³/mol. The van der Waals surface area contributed by atoms with Crippen LogP contribution in [-0.2, 0) is 13.6 Å². The molecule has 2 aromatic heterocycles. The summed E-state index contributed by atoms with van der Waals surface area (Å²) in [6.45, 7) is 6.88. The standard InChI is InChI=1S/C18H23N5O2/c1-5-19-17-20-15-14(23(17)12(2)3)16(24)22(18(25)21(15)4)11-13-9-7-6-8-10-13/h6-10,12H,5,11H2,1-4H3,(H,19,20). The summed E-state index contributed by atoms with van der Waals surface area (Å²) in [6, 6.07) is 9.54. The summed E-state index contributed by atoms with van der Waals surface area (Å²) in [5.41, 5.74) is 1.08. The monoisotopic (exact) mass is 341 g/mol. The van der Waals surface area contributed by atoms with Crippen molar-refractivity contribution >= 4 is 17.1 Å². The lowest BCUT2D eigenvalue weighted by Gasteiger charge is -2.14. The molecule has 0 unspecified atom stereocenters. The van der Waals surface area contributed by atoms with Crippen molar-refractivity contribution in [2.24, 2.45) is 7.05 Å². The second-order valence-corrected chi connectivity index (χ2v) is 6.32. The van der Waals surface area contributed by atoms with Crippen molar-refractivity contribution in [1.29, 1.82) is 0 Å². The maximum Gasteiger partial charge on any atom is 0.332 e. The highest BCUT2D eigenvalue weighted by molar-refractivity contribution is 5.74. The molecule has 2 heterocycles. The molecule has 0 spiro atoms. The fraction of sp³-hybridized carbons (Fsp3) is 0.389. The molecule has 7 heteroatoms. The van der Waals surface area contributed by atoms with E-state index < -0.39 is 0 Å². The topological polar surface area (TPSA) is 73.8 Å². The van der Waals surface area contributed by atoms with E-state index >= 15 is 0 Å². The van der Waals surface area contributed by atoms with Crippen LogP contribution in [0, 0.1) is 0 Å². The second kappa shape index (κ2) is 6.58. The highest BCUT2D eigenvalue weighted by Crippen LogP contribution is 2.20. The Hall–Kier alpha value is -2.83. The van der Waals surface area contributed by atoms with E-state index in [0.717, 1.165) is 5.56 Å². The Bertz CT molecular complexity index is 1010. The average Bonchev–Trinajstić information content (AvgIpc) is 2.98. The zero-order chi connectivity index (χ0) is 18.1. The van der Waals surface area contributed by atoms with Crippen molar-refractivity contribution in [3.8, 4) is 0 Å². The molecule has 3 aromatic rings. The van der Waals surface area contributed by atoms with Crippen molar-refractivity contribution in [3.63, 3.8) is 0 Å². The van der Waals surface area contributed by atoms with E-state index in [1.54, 1.807) is 7.05 Å². The fourth-order valence-electron chi connectivity index (χ4n) is 3.03. The lowest BCUT2D eigenvalue weighted by atomic mass is 10.2. The lowest BCUT2D eigenvalue weighted by Crippen LogP contribution is -2.40. The molecule has 0 saturated heterocycles. The minimum Gasteiger partial charge on any atom is -0.356 e. The maximum absolute atomic E-state index is 13.1. The Balaban J connectivity index is 2.31. The largest absolute Gasteiger partial charge is 0.356 e. The fourth-order valence-corrected chi connectivity index (χ4v) is 3.03. The summed E-state index contributed by atoms with van der Waals surface area (Å²) in [4.78, 5) is 30.3. The van der Waals surface area contributed by atoms with Crippen LogP contribution < -0.4 is 16.6 Å². The highest BCUT2D eigenvalue weighted by atomic mass is 16.2. The molecule has 1 N–H and O–H groups in total. The first-order valence-corrected chi connectivity index (χ1v) is 8.45. The molecule has 0 aliphatic rings. The number of hydrogen-bond acceptors (Lipinski definition) is 4. The third kappa shape index (κ3) is 2.86. The molecule has 0 radical (unpaired) electrons. The molecule has 0 aliphatic heterocycles. The van der Waals surface area contributed by atoms with Crippen LogP contribution in [0.4, 0.5) is 5.95 Å². The van der Waals surface area contributed by atoms with Crippen LogP contribution in [0.5, 0.6) is 0 Å². The summed E-state index contributed by atoms with van der Waals surface area (Å²) in [5.74, 6) is 0.608. The number of hydrogen-bond donors (Lipinski definition) is 1. The summed E-state index contributed by atoms with van der Waals surface area (Å²) in [5, 5.41) is 3.18. The van der Waals surface area contributed by atoms with Gasteiger partial charge in [0.1, 0.15) is 0 Å². The summed E-state index contributed by atoms with van der Waals surface area (Å²) >= 11 is 0. The first-order chi connectivity index (χ1) is 12.0. The van der Waals surface area contributed by atoms with Gasteiger partial charge in [0, 0.05) is 19.6 Å². The lowest BCUT2D eigenvalue weighted by molar-refractivity contribution is 0.609. The van der Waals surface area contributed by atoms with Gasteiger partial charge < -0.3 is 9.88 Å². The third-order valence-corrected chi connectivity index (χ3v) is 4.21. The van der Waals surface area contributed by atoms with Gasteiger partial charge in [-0.05, 0) is 26.3 Å². The van der Waals surface area contributed by atoms with Crippen molar-refractivity contribution in [2.75, 3.05) is 11.9 Å².